The van der Waals surface area contributed by atoms with E-state index in [1.54, 1.807) is 0 Å². The molecule has 0 fully saturated rings. The van der Waals surface area contributed by atoms with E-state index in [9.17, 15) is 0 Å². The van der Waals surface area contributed by atoms with E-state index in [0.29, 0.717) is 17.5 Å². The normalized spacial score (nSPS) is 11.6. The van der Waals surface area contributed by atoms with Crippen LogP contribution in [-0.4, -0.2) is 19.5 Å². The molecule has 11 aromatic rings. The Labute approximate surface area is 322 Å². The number of benzene rings is 8. The number of aromatic nitrogens is 4. The Bertz CT molecular complexity index is 3220. The van der Waals surface area contributed by atoms with Crippen molar-refractivity contribution in [2.24, 2.45) is 0 Å². The van der Waals surface area contributed by atoms with Gasteiger partial charge in [0, 0.05) is 43.9 Å². The van der Waals surface area contributed by atoms with E-state index < -0.39 is 0 Å². The second-order valence-corrected chi connectivity index (χ2v) is 14.1. The lowest BCUT2D eigenvalue weighted by Crippen LogP contribution is -2.00. The van der Waals surface area contributed by atoms with Gasteiger partial charge in [-0.3, -0.25) is 0 Å². The lowest BCUT2D eigenvalue weighted by atomic mass is 10.0. The minimum absolute atomic E-state index is 0.589. The molecule has 0 aliphatic rings. The predicted molar refractivity (Wildman–Crippen MR) is 229 cm³/mol. The van der Waals surface area contributed by atoms with Crippen LogP contribution < -0.4 is 0 Å². The highest BCUT2D eigenvalue weighted by molar-refractivity contribution is 6.11. The fraction of sp³-hybridized carbons (Fsp3) is 0. The summed E-state index contributed by atoms with van der Waals surface area (Å²) >= 11 is 0. The summed E-state index contributed by atoms with van der Waals surface area (Å²) in [5.74, 6) is 1.83. The van der Waals surface area contributed by atoms with Crippen LogP contribution in [0.2, 0.25) is 0 Å². The van der Waals surface area contributed by atoms with Gasteiger partial charge >= 0.3 is 0 Å². The molecule has 0 spiro atoms. The molecule has 0 unspecified atom stereocenters. The van der Waals surface area contributed by atoms with Crippen LogP contribution in [-0.2, 0) is 0 Å². The van der Waals surface area contributed by atoms with Gasteiger partial charge in [0.15, 0.2) is 17.5 Å². The molecule has 5 nitrogen and oxygen atoms in total. The summed E-state index contributed by atoms with van der Waals surface area (Å²) < 4.78 is 8.97. The van der Waals surface area contributed by atoms with Gasteiger partial charge in [0.25, 0.3) is 0 Å². The lowest BCUT2D eigenvalue weighted by molar-refractivity contribution is 0.669. The highest BCUT2D eigenvalue weighted by Gasteiger charge is 2.17. The lowest BCUT2D eigenvalue weighted by Gasteiger charge is -2.09. The van der Waals surface area contributed by atoms with Crippen LogP contribution in [0.1, 0.15) is 0 Å². The van der Waals surface area contributed by atoms with Crippen molar-refractivity contribution in [2.75, 3.05) is 0 Å². The van der Waals surface area contributed by atoms with Crippen LogP contribution in [0, 0.1) is 0 Å². The average Bonchev–Trinajstić information content (AvgIpc) is 3.81. The number of furan rings is 1. The summed E-state index contributed by atoms with van der Waals surface area (Å²) in [7, 11) is 0. The Morgan fingerprint density at radius 3 is 1.41 bits per heavy atom. The molecule has 3 heterocycles. The Morgan fingerprint density at radius 1 is 0.304 bits per heavy atom. The average molecular weight is 717 g/mol. The first-order chi connectivity index (χ1) is 27.7. The van der Waals surface area contributed by atoms with Crippen molar-refractivity contribution in [3.8, 4) is 62.1 Å². The standard InChI is InChI=1S/C51H32N4O/c1-4-12-33(13-5-1)34-20-22-36(23-21-34)50-52-49(35-14-6-2-7-15-35)53-51(54-50)39-26-29-44-43-28-25-38(31-47(43)56-48(44)32-39)37-24-27-42-41-18-10-11-19-45(41)55(46(42)30-37)40-16-8-3-9-17-40/h1-32H. The molecule has 0 N–H and O–H groups in total. The molecule has 0 saturated heterocycles. The maximum Gasteiger partial charge on any atom is 0.164 e. The quantitative estimate of drug-likeness (QED) is 0.172. The van der Waals surface area contributed by atoms with Gasteiger partial charge in [-0.15, -0.1) is 0 Å². The first kappa shape index (κ1) is 31.9. The van der Waals surface area contributed by atoms with E-state index in [0.717, 1.165) is 61.0 Å². The smallest absolute Gasteiger partial charge is 0.164 e. The first-order valence-corrected chi connectivity index (χ1v) is 18.8. The minimum atomic E-state index is 0.589. The summed E-state index contributed by atoms with van der Waals surface area (Å²) in [4.78, 5) is 14.9. The molecule has 0 radical (unpaired) electrons. The minimum Gasteiger partial charge on any atom is -0.456 e. The third kappa shape index (κ3) is 5.45. The zero-order valence-electron chi connectivity index (χ0n) is 30.2. The van der Waals surface area contributed by atoms with Gasteiger partial charge in [-0.05, 0) is 70.8 Å². The molecule has 0 aliphatic heterocycles. The topological polar surface area (TPSA) is 56.7 Å². The molecule has 262 valence electrons. The van der Waals surface area contributed by atoms with Crippen LogP contribution >= 0.6 is 0 Å². The van der Waals surface area contributed by atoms with Crippen LogP contribution in [0.3, 0.4) is 0 Å². The van der Waals surface area contributed by atoms with Crippen LogP contribution in [0.4, 0.5) is 0 Å². The third-order valence-electron chi connectivity index (χ3n) is 10.7. The molecule has 5 heteroatoms. The fourth-order valence-corrected chi connectivity index (χ4v) is 7.89. The molecule has 0 amide bonds. The Balaban J connectivity index is 0.993. The van der Waals surface area contributed by atoms with Gasteiger partial charge in [0.05, 0.1) is 11.0 Å². The summed E-state index contributed by atoms with van der Waals surface area (Å²) in [5, 5.41) is 4.58. The molecule has 0 aliphatic carbocycles. The predicted octanol–water partition coefficient (Wildman–Crippen LogP) is 13.2. The number of hydrogen-bond acceptors (Lipinski definition) is 4. The van der Waals surface area contributed by atoms with E-state index in [2.05, 4.69) is 156 Å². The van der Waals surface area contributed by atoms with Gasteiger partial charge in [-0.25, -0.2) is 15.0 Å². The van der Waals surface area contributed by atoms with E-state index >= 15 is 0 Å². The van der Waals surface area contributed by atoms with E-state index in [1.807, 2.05) is 42.5 Å². The number of hydrogen-bond donors (Lipinski definition) is 0. The van der Waals surface area contributed by atoms with Crippen molar-refractivity contribution in [1.29, 1.82) is 0 Å². The number of fused-ring (bicyclic) bond motifs is 6. The largest absolute Gasteiger partial charge is 0.456 e. The van der Waals surface area contributed by atoms with Gasteiger partial charge in [0.2, 0.25) is 0 Å². The number of rotatable bonds is 6. The van der Waals surface area contributed by atoms with Crippen LogP contribution in [0.25, 0.3) is 106 Å². The van der Waals surface area contributed by atoms with Crippen molar-refractivity contribution in [1.82, 2.24) is 19.5 Å². The zero-order chi connectivity index (χ0) is 37.0. The maximum absolute atomic E-state index is 6.61. The maximum atomic E-state index is 6.61. The highest BCUT2D eigenvalue weighted by Crippen LogP contribution is 2.38. The van der Waals surface area contributed by atoms with Crippen molar-refractivity contribution in [3.63, 3.8) is 0 Å². The number of para-hydroxylation sites is 2. The van der Waals surface area contributed by atoms with Gasteiger partial charge < -0.3 is 8.98 Å². The van der Waals surface area contributed by atoms with Gasteiger partial charge in [0.1, 0.15) is 11.2 Å². The van der Waals surface area contributed by atoms with Crippen molar-refractivity contribution < 1.29 is 4.42 Å². The van der Waals surface area contributed by atoms with Crippen molar-refractivity contribution >= 4 is 43.7 Å². The SMILES string of the molecule is c1ccc(-c2ccc(-c3nc(-c4ccccc4)nc(-c4ccc5c(c4)oc4cc(-c6ccc7c8ccccc8n(-c8ccccc8)c7c6)ccc45)n3)cc2)cc1. The number of nitrogens with zero attached hydrogens (tertiary/aromatic N) is 4. The molecular formula is C51H32N4O. The summed E-state index contributed by atoms with van der Waals surface area (Å²) in [5.41, 5.74) is 12.4. The summed E-state index contributed by atoms with van der Waals surface area (Å²) in [6.07, 6.45) is 0. The van der Waals surface area contributed by atoms with Gasteiger partial charge in [-0.2, -0.15) is 0 Å². The van der Waals surface area contributed by atoms with E-state index in [-0.39, 0.29) is 0 Å². The van der Waals surface area contributed by atoms with Crippen LogP contribution in [0.15, 0.2) is 199 Å². The van der Waals surface area contributed by atoms with Crippen LogP contribution in [0.5, 0.6) is 0 Å². The van der Waals surface area contributed by atoms with Crippen molar-refractivity contribution in [2.45, 2.75) is 0 Å². The Morgan fingerprint density at radius 2 is 0.732 bits per heavy atom. The molecule has 0 bridgehead atoms. The highest BCUT2D eigenvalue weighted by atomic mass is 16.3. The molecule has 8 aromatic carbocycles. The second-order valence-electron chi connectivity index (χ2n) is 14.1. The Kier molecular flexibility index (Phi) is 7.42. The molecule has 56 heavy (non-hydrogen) atoms. The second kappa shape index (κ2) is 13.0. The zero-order valence-corrected chi connectivity index (χ0v) is 30.2. The first-order valence-electron chi connectivity index (χ1n) is 18.8. The van der Waals surface area contributed by atoms with Gasteiger partial charge in [-0.1, -0.05) is 146 Å². The third-order valence-corrected chi connectivity index (χ3v) is 10.7. The molecule has 0 atom stereocenters. The molecule has 11 rings (SSSR count). The fourth-order valence-electron chi connectivity index (χ4n) is 7.89. The molecule has 3 aromatic heterocycles. The van der Waals surface area contributed by atoms with E-state index in [4.69, 9.17) is 19.4 Å². The molecular weight excluding hydrogens is 685 g/mol. The summed E-state index contributed by atoms with van der Waals surface area (Å²) in [6, 6.07) is 67.5. The Hall–Kier alpha value is -7.63. The summed E-state index contributed by atoms with van der Waals surface area (Å²) in [6.45, 7) is 0. The monoisotopic (exact) mass is 716 g/mol. The van der Waals surface area contributed by atoms with Crippen molar-refractivity contribution in [3.05, 3.63) is 194 Å². The van der Waals surface area contributed by atoms with E-state index in [1.165, 1.54) is 27.4 Å². The molecule has 0 saturated carbocycles.